The van der Waals surface area contributed by atoms with Crippen LogP contribution >= 0.6 is 0 Å². The number of aromatic nitrogens is 3. The van der Waals surface area contributed by atoms with Crippen LogP contribution in [0.1, 0.15) is 16.2 Å². The number of pyridine rings is 1. The lowest BCUT2D eigenvalue weighted by molar-refractivity contribution is 0.0949. The van der Waals surface area contributed by atoms with Crippen LogP contribution in [0.15, 0.2) is 46.4 Å². The molecule has 2 N–H and O–H groups in total. The topological polar surface area (TPSA) is 100 Å². The van der Waals surface area contributed by atoms with E-state index in [0.717, 1.165) is 0 Å². The van der Waals surface area contributed by atoms with Crippen LogP contribution in [-0.4, -0.2) is 27.3 Å². The molecule has 0 aromatic carbocycles. The van der Waals surface area contributed by atoms with Gasteiger partial charge in [0.1, 0.15) is 0 Å². The van der Waals surface area contributed by atoms with Gasteiger partial charge in [0.05, 0.1) is 11.9 Å². The minimum absolute atomic E-state index is 0.0766. The molecule has 18 heavy (non-hydrogen) atoms. The van der Waals surface area contributed by atoms with E-state index in [1.54, 1.807) is 24.4 Å². The number of carbonyl (C=O) groups excluding carboxylic acids is 1. The number of hydrogen-bond acceptors (Lipinski definition) is 5. The molecule has 0 unspecified atom stereocenters. The molecule has 0 spiro atoms. The molecule has 0 radical (unpaired) electrons. The zero-order chi connectivity index (χ0) is 12.8. The average molecular weight is 243 g/mol. The van der Waals surface area contributed by atoms with Crippen LogP contribution in [0.25, 0.3) is 0 Å². The van der Waals surface area contributed by atoms with E-state index < -0.39 is 5.91 Å². The second-order valence-corrected chi connectivity index (χ2v) is 3.26. The van der Waals surface area contributed by atoms with Gasteiger partial charge in [-0.15, -0.1) is 0 Å². The summed E-state index contributed by atoms with van der Waals surface area (Å²) in [6.45, 7) is 0. The van der Waals surface area contributed by atoms with Gasteiger partial charge < -0.3 is 0 Å². The van der Waals surface area contributed by atoms with Crippen LogP contribution in [0.3, 0.4) is 0 Å². The number of amides is 1. The summed E-state index contributed by atoms with van der Waals surface area (Å²) in [4.78, 5) is 26.3. The molecule has 0 fully saturated rings. The number of H-pyrrole nitrogens is 1. The zero-order valence-corrected chi connectivity index (χ0v) is 9.20. The highest BCUT2D eigenvalue weighted by Gasteiger charge is 2.04. The lowest BCUT2D eigenvalue weighted by Gasteiger charge is -1.97. The van der Waals surface area contributed by atoms with E-state index in [2.05, 4.69) is 25.7 Å². The molecule has 7 heteroatoms. The van der Waals surface area contributed by atoms with Gasteiger partial charge >= 0.3 is 0 Å². The number of nitrogens with zero attached hydrogens (tertiary/aromatic N) is 3. The van der Waals surface area contributed by atoms with E-state index in [1.165, 1.54) is 18.3 Å². The van der Waals surface area contributed by atoms with Gasteiger partial charge in [-0.2, -0.15) is 10.2 Å². The standard InChI is InChI=1S/C11H9N5O2/c17-10-5-4-9(14-15-10)11(18)16-13-7-8-3-1-2-6-12-8/h1-7H,(H,15,17)(H,16,18)/b13-7+. The smallest absolute Gasteiger partial charge is 0.268 e. The summed E-state index contributed by atoms with van der Waals surface area (Å²) in [6, 6.07) is 7.85. The third-order valence-electron chi connectivity index (χ3n) is 1.96. The third kappa shape index (κ3) is 3.08. The Bertz CT molecular complexity index is 600. The van der Waals surface area contributed by atoms with Gasteiger partial charge in [0.2, 0.25) is 0 Å². The third-order valence-corrected chi connectivity index (χ3v) is 1.96. The van der Waals surface area contributed by atoms with Gasteiger partial charge in [-0.25, -0.2) is 10.5 Å². The van der Waals surface area contributed by atoms with Crippen molar-refractivity contribution in [2.45, 2.75) is 0 Å². The SMILES string of the molecule is O=C(N/N=C/c1ccccn1)c1ccc(=O)[nH]n1. The predicted octanol–water partition coefficient (Wildman–Crippen LogP) is -0.0712. The highest BCUT2D eigenvalue weighted by molar-refractivity contribution is 5.92. The Kier molecular flexibility index (Phi) is 3.55. The highest BCUT2D eigenvalue weighted by atomic mass is 16.2. The van der Waals surface area contributed by atoms with Crippen LogP contribution in [0, 0.1) is 0 Å². The lowest BCUT2D eigenvalue weighted by atomic mass is 10.4. The fourth-order valence-electron chi connectivity index (χ4n) is 1.14. The molecule has 0 saturated carbocycles. The number of nitrogens with one attached hydrogen (secondary N) is 2. The summed E-state index contributed by atoms with van der Waals surface area (Å²) < 4.78 is 0. The molecule has 0 aliphatic rings. The van der Waals surface area contributed by atoms with Crippen LogP contribution in [0.5, 0.6) is 0 Å². The van der Waals surface area contributed by atoms with Gasteiger partial charge in [0.15, 0.2) is 5.69 Å². The summed E-state index contributed by atoms with van der Waals surface area (Å²) in [5, 5.41) is 9.44. The molecule has 0 bridgehead atoms. The van der Waals surface area contributed by atoms with Gasteiger partial charge in [0, 0.05) is 12.3 Å². The zero-order valence-electron chi connectivity index (χ0n) is 9.20. The van der Waals surface area contributed by atoms with Crippen molar-refractivity contribution in [1.82, 2.24) is 20.6 Å². The predicted molar refractivity (Wildman–Crippen MR) is 64.2 cm³/mol. The molecule has 0 atom stereocenters. The molecule has 2 rings (SSSR count). The van der Waals surface area contributed by atoms with E-state index in [4.69, 9.17) is 0 Å². The van der Waals surface area contributed by atoms with Crippen molar-refractivity contribution in [3.8, 4) is 0 Å². The molecule has 0 saturated heterocycles. The van der Waals surface area contributed by atoms with Crippen molar-refractivity contribution in [3.63, 3.8) is 0 Å². The minimum atomic E-state index is -0.515. The lowest BCUT2D eigenvalue weighted by Crippen LogP contribution is -2.21. The fourth-order valence-corrected chi connectivity index (χ4v) is 1.14. The molecule has 2 heterocycles. The monoisotopic (exact) mass is 243 g/mol. The highest BCUT2D eigenvalue weighted by Crippen LogP contribution is 1.90. The quantitative estimate of drug-likeness (QED) is 0.582. The molecule has 0 aliphatic heterocycles. The molecular formula is C11H9N5O2. The maximum Gasteiger partial charge on any atom is 0.291 e. The molecule has 1 amide bonds. The first-order valence-corrected chi connectivity index (χ1v) is 5.06. The number of aromatic amines is 1. The molecular weight excluding hydrogens is 234 g/mol. The summed E-state index contributed by atoms with van der Waals surface area (Å²) in [5.74, 6) is -0.515. The summed E-state index contributed by atoms with van der Waals surface area (Å²) >= 11 is 0. The first kappa shape index (κ1) is 11.6. The van der Waals surface area contributed by atoms with Crippen LogP contribution in [-0.2, 0) is 0 Å². The fraction of sp³-hybridized carbons (Fsp3) is 0. The number of rotatable bonds is 3. The molecule has 7 nitrogen and oxygen atoms in total. The molecule has 2 aromatic rings. The van der Waals surface area contributed by atoms with E-state index in [-0.39, 0.29) is 11.3 Å². The Balaban J connectivity index is 1.98. The summed E-state index contributed by atoms with van der Waals surface area (Å²) in [5.41, 5.74) is 2.60. The largest absolute Gasteiger partial charge is 0.291 e. The molecule has 90 valence electrons. The van der Waals surface area contributed by atoms with Gasteiger partial charge in [0.25, 0.3) is 11.5 Å². The van der Waals surface area contributed by atoms with E-state index >= 15 is 0 Å². The first-order valence-electron chi connectivity index (χ1n) is 5.06. The van der Waals surface area contributed by atoms with Gasteiger partial charge in [-0.3, -0.25) is 14.6 Å². The Labute approximate surface area is 102 Å². The van der Waals surface area contributed by atoms with E-state index in [0.29, 0.717) is 5.69 Å². The second kappa shape index (κ2) is 5.48. The van der Waals surface area contributed by atoms with Crippen molar-refractivity contribution in [2.24, 2.45) is 5.10 Å². The van der Waals surface area contributed by atoms with Crippen LogP contribution in [0.2, 0.25) is 0 Å². The molecule has 0 aliphatic carbocycles. The number of hydrogen-bond donors (Lipinski definition) is 2. The maximum absolute atomic E-state index is 11.5. The maximum atomic E-state index is 11.5. The van der Waals surface area contributed by atoms with Crippen LogP contribution < -0.4 is 11.0 Å². The number of carbonyl (C=O) groups is 1. The Morgan fingerprint density at radius 3 is 2.89 bits per heavy atom. The van der Waals surface area contributed by atoms with Crippen molar-refractivity contribution >= 4 is 12.1 Å². The van der Waals surface area contributed by atoms with E-state index in [9.17, 15) is 9.59 Å². The van der Waals surface area contributed by atoms with Crippen molar-refractivity contribution < 1.29 is 4.79 Å². The summed E-state index contributed by atoms with van der Waals surface area (Å²) in [7, 11) is 0. The normalized spacial score (nSPS) is 10.4. The van der Waals surface area contributed by atoms with Crippen molar-refractivity contribution in [1.29, 1.82) is 0 Å². The Morgan fingerprint density at radius 2 is 2.22 bits per heavy atom. The average Bonchev–Trinajstić information content (AvgIpc) is 2.40. The van der Waals surface area contributed by atoms with E-state index in [1.807, 2.05) is 0 Å². The number of hydrazone groups is 1. The van der Waals surface area contributed by atoms with Crippen molar-refractivity contribution in [3.05, 3.63) is 58.3 Å². The van der Waals surface area contributed by atoms with Crippen LogP contribution in [0.4, 0.5) is 0 Å². The van der Waals surface area contributed by atoms with Gasteiger partial charge in [-0.1, -0.05) is 6.07 Å². The van der Waals surface area contributed by atoms with Gasteiger partial charge in [-0.05, 0) is 18.2 Å². The van der Waals surface area contributed by atoms with Crippen molar-refractivity contribution in [2.75, 3.05) is 0 Å². The first-order chi connectivity index (χ1) is 8.75. The Morgan fingerprint density at radius 1 is 1.33 bits per heavy atom. The summed E-state index contributed by atoms with van der Waals surface area (Å²) in [6.07, 6.45) is 3.02. The molecule has 2 aromatic heterocycles. The minimum Gasteiger partial charge on any atom is -0.268 e. The Hall–Kier alpha value is -2.83. The second-order valence-electron chi connectivity index (χ2n) is 3.26.